The van der Waals surface area contributed by atoms with Crippen LogP contribution in [-0.2, 0) is 18.9 Å². The number of hydrogen-bond acceptors (Lipinski definition) is 8. The third-order valence-corrected chi connectivity index (χ3v) is 14.3. The van der Waals surface area contributed by atoms with Gasteiger partial charge < -0.3 is 23.8 Å². The van der Waals surface area contributed by atoms with E-state index < -0.39 is 0 Å². The maximum absolute atomic E-state index is 12.0. The molecule has 3 aromatic carbocycles. The van der Waals surface area contributed by atoms with Crippen molar-refractivity contribution in [1.82, 2.24) is 4.90 Å². The summed E-state index contributed by atoms with van der Waals surface area (Å²) >= 11 is 0. The fourth-order valence-corrected chi connectivity index (χ4v) is 10.5. The van der Waals surface area contributed by atoms with Crippen molar-refractivity contribution in [3.63, 3.8) is 0 Å². The molecule has 0 aliphatic heterocycles. The highest BCUT2D eigenvalue weighted by Gasteiger charge is 2.37. The van der Waals surface area contributed by atoms with E-state index in [-0.39, 0.29) is 54.2 Å². The molecular weight excluding hydrogens is 893 g/mol. The molecule has 0 saturated heterocycles. The minimum Gasteiger partial charge on any atom is -0.446 e. The molecule has 0 bridgehead atoms. The van der Waals surface area contributed by atoms with Gasteiger partial charge in [0.25, 0.3) is 0 Å². The van der Waals surface area contributed by atoms with Gasteiger partial charge in [0.1, 0.15) is 24.4 Å². The van der Waals surface area contributed by atoms with Gasteiger partial charge in [0.05, 0.1) is 0 Å². The maximum Gasteiger partial charge on any atom is 0.411 e. The molecule has 4 saturated carbocycles. The molecule has 71 heavy (non-hydrogen) atoms. The van der Waals surface area contributed by atoms with E-state index in [1.54, 1.807) is 4.90 Å². The standard InChI is InChI=1S/C17H25NO2.C15H21NO2.C14H27NO2.C13H17NO2/c1-17(2,3)14-11-7-8-12-15(14)20-16(19)18-13-9-5-4-6-10-13;1-11-8-12(2)10-14(9-11)18-15(17)16-13-6-4-3-5-7-13;1-5-15(6-2)14(16)17-13-10-8-7-9-12(13)11(3)4;15-13(14-11-7-3-1-4-8-11)16-12-9-5-2-6-10-12/h4-6,9-10,14-15H,7-8,11-12H2,1-3H3,(H,18,19);3-7,11-12,14H,8-10H2,1-2H3,(H,16,17);11-13H,5-10H2,1-4H3;1,3-4,7-8,12H,2,5-6,9-10H2,(H,14,15). The maximum atomic E-state index is 12.0. The Bertz CT molecular complexity index is 1940. The van der Waals surface area contributed by atoms with Gasteiger partial charge in [-0.05, 0) is 163 Å². The zero-order valence-electron chi connectivity index (χ0n) is 44.8. The Kier molecular flexibility index (Phi) is 25.7. The quantitative estimate of drug-likeness (QED) is 0.170. The third-order valence-electron chi connectivity index (χ3n) is 14.3. The number of benzene rings is 3. The second-order valence-corrected chi connectivity index (χ2v) is 21.6. The van der Waals surface area contributed by atoms with Crippen LogP contribution in [0.25, 0.3) is 0 Å². The number of para-hydroxylation sites is 3. The van der Waals surface area contributed by atoms with E-state index >= 15 is 0 Å². The number of nitrogens with zero attached hydrogens (tertiary/aromatic N) is 1. The Morgan fingerprint density at radius 2 is 0.930 bits per heavy atom. The van der Waals surface area contributed by atoms with E-state index in [4.69, 9.17) is 18.9 Å². The highest BCUT2D eigenvalue weighted by atomic mass is 16.6. The molecule has 0 spiro atoms. The van der Waals surface area contributed by atoms with Crippen LogP contribution in [0.1, 0.15) is 165 Å². The molecule has 12 heteroatoms. The van der Waals surface area contributed by atoms with Crippen LogP contribution < -0.4 is 16.0 Å². The number of nitrogens with one attached hydrogen (secondary N) is 3. The van der Waals surface area contributed by atoms with Crippen LogP contribution in [0.3, 0.4) is 0 Å². The van der Waals surface area contributed by atoms with Crippen molar-refractivity contribution < 1.29 is 38.1 Å². The molecule has 3 N–H and O–H groups in total. The molecule has 3 aromatic rings. The fourth-order valence-electron chi connectivity index (χ4n) is 10.5. The van der Waals surface area contributed by atoms with E-state index in [1.807, 2.05) is 105 Å². The van der Waals surface area contributed by atoms with Gasteiger partial charge in [0.15, 0.2) is 0 Å². The van der Waals surface area contributed by atoms with Crippen molar-refractivity contribution in [2.45, 2.75) is 189 Å². The highest BCUT2D eigenvalue weighted by molar-refractivity contribution is 5.85. The van der Waals surface area contributed by atoms with Crippen molar-refractivity contribution in [1.29, 1.82) is 0 Å². The first-order chi connectivity index (χ1) is 34.0. The van der Waals surface area contributed by atoms with Crippen molar-refractivity contribution in [3.8, 4) is 0 Å². The van der Waals surface area contributed by atoms with Crippen LogP contribution in [0, 0.1) is 35.0 Å². The van der Waals surface area contributed by atoms with Crippen LogP contribution in [-0.4, -0.2) is 66.8 Å². The molecule has 6 unspecified atom stereocenters. The first kappa shape index (κ1) is 58.3. The van der Waals surface area contributed by atoms with Crippen LogP contribution in [0.5, 0.6) is 0 Å². The topological polar surface area (TPSA) is 145 Å². The Morgan fingerprint density at radius 3 is 1.38 bits per heavy atom. The van der Waals surface area contributed by atoms with Gasteiger partial charge in [-0.15, -0.1) is 0 Å². The van der Waals surface area contributed by atoms with E-state index in [0.29, 0.717) is 29.6 Å². The lowest BCUT2D eigenvalue weighted by atomic mass is 9.71. The summed E-state index contributed by atoms with van der Waals surface area (Å²) in [5.41, 5.74) is 2.52. The second kappa shape index (κ2) is 31.3. The fraction of sp³-hybridized carbons (Fsp3) is 0.627. The molecule has 0 aromatic heterocycles. The molecule has 4 aliphatic rings. The Labute approximate surface area is 427 Å². The number of rotatable bonds is 10. The van der Waals surface area contributed by atoms with Gasteiger partial charge in [0, 0.05) is 36.1 Å². The van der Waals surface area contributed by atoms with E-state index in [0.717, 1.165) is 81.5 Å². The lowest BCUT2D eigenvalue weighted by Crippen LogP contribution is -2.39. The van der Waals surface area contributed by atoms with Crippen molar-refractivity contribution >= 4 is 41.4 Å². The molecule has 12 nitrogen and oxygen atoms in total. The minimum atomic E-state index is -0.340. The lowest BCUT2D eigenvalue weighted by molar-refractivity contribution is -0.000373. The summed E-state index contributed by atoms with van der Waals surface area (Å²) in [6.07, 6.45) is 17.2. The van der Waals surface area contributed by atoms with Gasteiger partial charge in [-0.3, -0.25) is 16.0 Å². The lowest BCUT2D eigenvalue weighted by Gasteiger charge is -2.39. The monoisotopic (exact) mass is 983 g/mol. The van der Waals surface area contributed by atoms with E-state index in [1.165, 1.54) is 51.4 Å². The van der Waals surface area contributed by atoms with Crippen LogP contribution in [0.15, 0.2) is 91.0 Å². The number of carbonyl (C=O) groups excluding carboxylic acids is 4. The number of ether oxygens (including phenoxy) is 4. The molecule has 0 radical (unpaired) electrons. The molecule has 394 valence electrons. The molecule has 6 atom stereocenters. The van der Waals surface area contributed by atoms with E-state index in [9.17, 15) is 19.2 Å². The predicted octanol–water partition coefficient (Wildman–Crippen LogP) is 16.1. The van der Waals surface area contributed by atoms with Crippen LogP contribution in [0.4, 0.5) is 36.2 Å². The average molecular weight is 983 g/mol. The summed E-state index contributed by atoms with van der Waals surface area (Å²) in [6.45, 7) is 21.0. The smallest absolute Gasteiger partial charge is 0.411 e. The van der Waals surface area contributed by atoms with Gasteiger partial charge in [-0.1, -0.05) is 122 Å². The summed E-state index contributed by atoms with van der Waals surface area (Å²) < 4.78 is 22.2. The molecule has 7 rings (SSSR count). The largest absolute Gasteiger partial charge is 0.446 e. The van der Waals surface area contributed by atoms with Gasteiger partial charge in [0.2, 0.25) is 0 Å². The van der Waals surface area contributed by atoms with Gasteiger partial charge >= 0.3 is 24.4 Å². The Balaban J connectivity index is 0.000000206. The van der Waals surface area contributed by atoms with Crippen molar-refractivity contribution in [2.24, 2.45) is 35.0 Å². The first-order valence-electron chi connectivity index (χ1n) is 27.1. The minimum absolute atomic E-state index is 0.0347. The Hall–Kier alpha value is -5.26. The third kappa shape index (κ3) is 22.4. The second-order valence-electron chi connectivity index (χ2n) is 21.6. The number of carbonyl (C=O) groups is 4. The summed E-state index contributed by atoms with van der Waals surface area (Å²) in [5, 5.41) is 8.29. The van der Waals surface area contributed by atoms with Crippen LogP contribution >= 0.6 is 0 Å². The van der Waals surface area contributed by atoms with Crippen LogP contribution in [0.2, 0.25) is 0 Å². The molecule has 4 amide bonds. The summed E-state index contributed by atoms with van der Waals surface area (Å²) in [7, 11) is 0. The Morgan fingerprint density at radius 1 is 0.521 bits per heavy atom. The van der Waals surface area contributed by atoms with Gasteiger partial charge in [-0.25, -0.2) is 19.2 Å². The van der Waals surface area contributed by atoms with Crippen molar-refractivity contribution in [2.75, 3.05) is 29.0 Å². The van der Waals surface area contributed by atoms with Crippen molar-refractivity contribution in [3.05, 3.63) is 91.0 Å². The summed E-state index contributed by atoms with van der Waals surface area (Å²) in [4.78, 5) is 49.0. The van der Waals surface area contributed by atoms with E-state index in [2.05, 4.69) is 64.4 Å². The zero-order chi connectivity index (χ0) is 51.6. The predicted molar refractivity (Wildman–Crippen MR) is 288 cm³/mol. The summed E-state index contributed by atoms with van der Waals surface area (Å²) in [6, 6.07) is 28.2. The first-order valence-corrected chi connectivity index (χ1v) is 27.1. The molecule has 0 heterocycles. The molecule has 4 aliphatic carbocycles. The number of amides is 4. The SMILES string of the molecule is CC(C)(C)C1CCCCC1OC(=O)Nc1ccccc1.CC1CC(C)CC(OC(=O)Nc2ccccc2)C1.CCN(CC)C(=O)OC1CCCCC1C(C)C.O=C(Nc1ccccc1)OC1CCCCC1. The normalized spacial score (nSPS) is 23.2. The molecule has 4 fully saturated rings. The average Bonchev–Trinajstić information content (AvgIpc) is 3.33. The number of hydrogen-bond donors (Lipinski definition) is 3. The number of anilines is 3. The molecular formula is C59H90N4O8. The van der Waals surface area contributed by atoms with Gasteiger partial charge in [-0.2, -0.15) is 0 Å². The zero-order valence-corrected chi connectivity index (χ0v) is 44.8. The summed E-state index contributed by atoms with van der Waals surface area (Å²) in [5.74, 6) is 2.87. The highest BCUT2D eigenvalue weighted by Crippen LogP contribution is 2.40.